The first-order valence-electron chi connectivity index (χ1n) is 7.58. The van der Waals surface area contributed by atoms with Crippen LogP contribution in [-0.2, 0) is 9.59 Å². The summed E-state index contributed by atoms with van der Waals surface area (Å²) in [4.78, 5) is 35.8. The molecule has 0 aliphatic carbocycles. The van der Waals surface area contributed by atoms with E-state index in [1.165, 1.54) is 53.1 Å². The number of primary amides is 1. The normalized spacial score (nSPS) is 10.3. The summed E-state index contributed by atoms with van der Waals surface area (Å²) in [6.45, 7) is 0.0839. The van der Waals surface area contributed by atoms with Gasteiger partial charge in [-0.05, 0) is 36.4 Å². The quantitative estimate of drug-likeness (QED) is 0.432. The Balaban J connectivity index is 2.06. The van der Waals surface area contributed by atoms with Crippen molar-refractivity contribution in [2.24, 2.45) is 5.73 Å². The Hall–Kier alpha value is -2.94. The highest BCUT2D eigenvalue weighted by atomic mass is 32.2. The molecule has 0 radical (unpaired) electrons. The Labute approximate surface area is 153 Å². The van der Waals surface area contributed by atoms with Crippen LogP contribution in [0.25, 0.3) is 0 Å². The molecular weight excluding hydrogens is 361 g/mol. The summed E-state index contributed by atoms with van der Waals surface area (Å²) in [6.07, 6.45) is -0.0225. The molecule has 2 amide bonds. The number of nitrogens with two attached hydrogens (primary N) is 1. The van der Waals surface area contributed by atoms with Crippen molar-refractivity contribution in [1.82, 2.24) is 0 Å². The summed E-state index contributed by atoms with van der Waals surface area (Å²) in [7, 11) is 0. The van der Waals surface area contributed by atoms with Gasteiger partial charge in [-0.2, -0.15) is 0 Å². The van der Waals surface area contributed by atoms with E-state index in [0.717, 1.165) is 0 Å². The van der Waals surface area contributed by atoms with Gasteiger partial charge in [-0.3, -0.25) is 19.7 Å². The monoisotopic (exact) mass is 377 g/mol. The van der Waals surface area contributed by atoms with Gasteiger partial charge >= 0.3 is 0 Å². The second-order valence-electron chi connectivity index (χ2n) is 5.28. The predicted molar refractivity (Wildman–Crippen MR) is 96.4 cm³/mol. The number of amides is 2. The van der Waals surface area contributed by atoms with Gasteiger partial charge in [0.15, 0.2) is 0 Å². The Bertz CT molecular complexity index is 797. The molecule has 0 atom stereocenters. The molecular formula is C17H16FN3O4S. The molecule has 9 heteroatoms. The van der Waals surface area contributed by atoms with Gasteiger partial charge in [-0.25, -0.2) is 4.39 Å². The molecule has 0 unspecified atom stereocenters. The minimum atomic E-state index is -0.548. The molecule has 2 aromatic rings. The van der Waals surface area contributed by atoms with Crippen LogP contribution >= 0.6 is 11.8 Å². The largest absolute Gasteiger partial charge is 0.370 e. The van der Waals surface area contributed by atoms with E-state index in [1.807, 2.05) is 0 Å². The second kappa shape index (κ2) is 8.95. The van der Waals surface area contributed by atoms with Crippen LogP contribution in [0.4, 0.5) is 15.8 Å². The first-order valence-corrected chi connectivity index (χ1v) is 8.57. The number of nitro groups is 1. The number of carbonyl (C=O) groups excluding carboxylic acids is 2. The summed E-state index contributed by atoms with van der Waals surface area (Å²) in [5.74, 6) is -1.22. The zero-order valence-electron chi connectivity index (χ0n) is 13.6. The van der Waals surface area contributed by atoms with Crippen LogP contribution in [-0.4, -0.2) is 29.0 Å². The number of anilines is 1. The summed E-state index contributed by atoms with van der Waals surface area (Å²) in [5, 5.41) is 10.6. The van der Waals surface area contributed by atoms with Gasteiger partial charge in [0.05, 0.1) is 10.7 Å². The maximum Gasteiger partial charge on any atom is 0.269 e. The van der Waals surface area contributed by atoms with E-state index in [9.17, 15) is 24.1 Å². The van der Waals surface area contributed by atoms with E-state index in [4.69, 9.17) is 5.73 Å². The zero-order chi connectivity index (χ0) is 19.1. The lowest BCUT2D eigenvalue weighted by atomic mass is 10.2. The fourth-order valence-corrected chi connectivity index (χ4v) is 2.90. The van der Waals surface area contributed by atoms with Crippen LogP contribution in [0, 0.1) is 15.9 Å². The first kappa shape index (κ1) is 19.4. The molecule has 0 fully saturated rings. The molecule has 0 aromatic heterocycles. The number of rotatable bonds is 8. The highest BCUT2D eigenvalue weighted by molar-refractivity contribution is 8.00. The van der Waals surface area contributed by atoms with E-state index in [1.54, 1.807) is 12.1 Å². The molecule has 0 saturated heterocycles. The topological polar surface area (TPSA) is 107 Å². The molecule has 0 spiro atoms. The number of thioether (sulfide) groups is 1. The van der Waals surface area contributed by atoms with Crippen LogP contribution in [0.2, 0.25) is 0 Å². The third kappa shape index (κ3) is 5.55. The highest BCUT2D eigenvalue weighted by Gasteiger charge is 2.17. The molecule has 0 saturated carbocycles. The van der Waals surface area contributed by atoms with E-state index in [0.29, 0.717) is 10.6 Å². The number of benzene rings is 2. The van der Waals surface area contributed by atoms with Crippen molar-refractivity contribution in [2.75, 3.05) is 17.2 Å². The Morgan fingerprint density at radius 1 is 1.12 bits per heavy atom. The fourth-order valence-electron chi connectivity index (χ4n) is 2.13. The standard InChI is InChI=1S/C17H16FN3O4S/c18-12-1-3-13(4-2-12)20(10-9-16(19)22)17(23)11-26-15-7-5-14(6-8-15)21(24)25/h1-8H,9-11H2,(H2,19,22). The maximum atomic E-state index is 13.1. The predicted octanol–water partition coefficient (Wildman–Crippen LogP) is 2.73. The molecule has 0 heterocycles. The maximum absolute atomic E-state index is 13.1. The van der Waals surface area contributed by atoms with Crippen molar-refractivity contribution in [3.05, 3.63) is 64.5 Å². The van der Waals surface area contributed by atoms with E-state index < -0.39 is 16.6 Å². The van der Waals surface area contributed by atoms with Crippen molar-refractivity contribution in [2.45, 2.75) is 11.3 Å². The van der Waals surface area contributed by atoms with Crippen molar-refractivity contribution >= 4 is 35.0 Å². The molecule has 2 N–H and O–H groups in total. The molecule has 0 bridgehead atoms. The van der Waals surface area contributed by atoms with Gasteiger partial charge in [-0.1, -0.05) is 0 Å². The smallest absolute Gasteiger partial charge is 0.269 e. The van der Waals surface area contributed by atoms with E-state index in [-0.39, 0.29) is 30.3 Å². The number of nitrogens with zero attached hydrogens (tertiary/aromatic N) is 2. The van der Waals surface area contributed by atoms with Crippen molar-refractivity contribution < 1.29 is 18.9 Å². The van der Waals surface area contributed by atoms with Gasteiger partial charge in [-0.15, -0.1) is 11.8 Å². The molecule has 136 valence electrons. The second-order valence-corrected chi connectivity index (χ2v) is 6.33. The van der Waals surface area contributed by atoms with Crippen LogP contribution in [0.5, 0.6) is 0 Å². The van der Waals surface area contributed by atoms with Gasteiger partial charge in [0.1, 0.15) is 5.82 Å². The number of carbonyl (C=O) groups is 2. The minimum absolute atomic E-state index is 0.0225. The molecule has 0 aliphatic rings. The molecule has 26 heavy (non-hydrogen) atoms. The lowest BCUT2D eigenvalue weighted by Crippen LogP contribution is -2.35. The Kier molecular flexibility index (Phi) is 6.67. The average Bonchev–Trinajstić information content (AvgIpc) is 2.61. The summed E-state index contributed by atoms with van der Waals surface area (Å²) >= 11 is 1.21. The third-order valence-electron chi connectivity index (χ3n) is 3.43. The summed E-state index contributed by atoms with van der Waals surface area (Å²) < 4.78 is 13.1. The fraction of sp³-hybridized carbons (Fsp3) is 0.176. The molecule has 7 nitrogen and oxygen atoms in total. The lowest BCUT2D eigenvalue weighted by molar-refractivity contribution is -0.384. The number of hydrogen-bond acceptors (Lipinski definition) is 5. The van der Waals surface area contributed by atoms with Crippen molar-refractivity contribution in [3.8, 4) is 0 Å². The van der Waals surface area contributed by atoms with E-state index >= 15 is 0 Å². The van der Waals surface area contributed by atoms with Crippen molar-refractivity contribution in [3.63, 3.8) is 0 Å². The zero-order valence-corrected chi connectivity index (χ0v) is 14.4. The summed E-state index contributed by atoms with van der Waals surface area (Å²) in [5.41, 5.74) is 5.58. The number of hydrogen-bond donors (Lipinski definition) is 1. The Morgan fingerprint density at radius 2 is 1.73 bits per heavy atom. The molecule has 2 aromatic carbocycles. The van der Waals surface area contributed by atoms with Crippen LogP contribution < -0.4 is 10.6 Å². The SMILES string of the molecule is NC(=O)CCN(C(=O)CSc1ccc([N+](=O)[O-])cc1)c1ccc(F)cc1. The summed E-state index contributed by atoms with van der Waals surface area (Å²) in [6, 6.07) is 11.2. The number of nitro benzene ring substituents is 1. The average molecular weight is 377 g/mol. The Morgan fingerprint density at radius 3 is 2.27 bits per heavy atom. The van der Waals surface area contributed by atoms with Gasteiger partial charge in [0, 0.05) is 35.7 Å². The molecule has 0 aliphatic heterocycles. The number of halogens is 1. The number of non-ortho nitro benzene ring substituents is 1. The van der Waals surface area contributed by atoms with E-state index in [2.05, 4.69) is 0 Å². The van der Waals surface area contributed by atoms with Gasteiger partial charge in [0.2, 0.25) is 11.8 Å². The van der Waals surface area contributed by atoms with Crippen LogP contribution in [0.15, 0.2) is 53.4 Å². The van der Waals surface area contributed by atoms with Crippen molar-refractivity contribution in [1.29, 1.82) is 0 Å². The third-order valence-corrected chi connectivity index (χ3v) is 4.43. The minimum Gasteiger partial charge on any atom is -0.370 e. The van der Waals surface area contributed by atoms with Gasteiger partial charge < -0.3 is 10.6 Å². The first-order chi connectivity index (χ1) is 12.4. The lowest BCUT2D eigenvalue weighted by Gasteiger charge is -2.22. The van der Waals surface area contributed by atoms with Crippen LogP contribution in [0.1, 0.15) is 6.42 Å². The molecule has 2 rings (SSSR count). The van der Waals surface area contributed by atoms with Crippen LogP contribution in [0.3, 0.4) is 0 Å². The highest BCUT2D eigenvalue weighted by Crippen LogP contribution is 2.23. The van der Waals surface area contributed by atoms with Gasteiger partial charge in [0.25, 0.3) is 5.69 Å².